The minimum atomic E-state index is -0.518. The van der Waals surface area contributed by atoms with E-state index >= 15 is 0 Å². The van der Waals surface area contributed by atoms with E-state index in [1.807, 2.05) is 20.0 Å². The number of carbonyl (C=O) groups is 2. The first kappa shape index (κ1) is 23.1. The van der Waals surface area contributed by atoms with Crippen molar-refractivity contribution in [2.24, 2.45) is 5.41 Å². The number of carbonyl (C=O) groups excluding carboxylic acids is 2. The van der Waals surface area contributed by atoms with Crippen LogP contribution in [-0.4, -0.2) is 71.2 Å². The zero-order valence-corrected chi connectivity index (χ0v) is 20.0. The summed E-state index contributed by atoms with van der Waals surface area (Å²) in [7, 11) is 0. The Labute approximate surface area is 203 Å². The number of piperidine rings is 1. The Kier molecular flexibility index (Phi) is 6.29. The maximum Gasteiger partial charge on any atom is 0.415 e. The Bertz CT molecular complexity index is 1230. The molecule has 2 aliphatic rings. The summed E-state index contributed by atoms with van der Waals surface area (Å²) in [6.45, 7) is 7.51. The van der Waals surface area contributed by atoms with Crippen LogP contribution in [0.2, 0.25) is 0 Å². The number of anilines is 2. The lowest BCUT2D eigenvalue weighted by molar-refractivity contribution is -0.125. The summed E-state index contributed by atoms with van der Waals surface area (Å²) in [6.07, 6.45) is 4.50. The van der Waals surface area contributed by atoms with Gasteiger partial charge >= 0.3 is 6.09 Å². The van der Waals surface area contributed by atoms with Gasteiger partial charge in [-0.25, -0.2) is 14.8 Å². The molecule has 2 saturated heterocycles. The summed E-state index contributed by atoms with van der Waals surface area (Å²) >= 11 is 0. The lowest BCUT2D eigenvalue weighted by atomic mass is 9.79. The van der Waals surface area contributed by atoms with Gasteiger partial charge in [0, 0.05) is 44.1 Å². The highest BCUT2D eigenvalue weighted by Gasteiger charge is 2.38. The number of fused-ring (bicyclic) bond motifs is 1. The average molecular weight is 479 g/mol. The van der Waals surface area contributed by atoms with E-state index in [4.69, 9.17) is 9.47 Å². The van der Waals surface area contributed by atoms with Gasteiger partial charge in [-0.15, -0.1) is 0 Å². The number of nitrogens with zero attached hydrogens (tertiary/aromatic N) is 4. The van der Waals surface area contributed by atoms with Crippen molar-refractivity contribution < 1.29 is 19.1 Å². The SMILES string of the molecule is Cc1c[nH]c2ncnc(N3CCC(C)(C(=O)Nc4cccc(OC(=O)N5CCOCC5)c4)CC3)c12. The van der Waals surface area contributed by atoms with Gasteiger partial charge in [0.25, 0.3) is 0 Å². The first-order valence-corrected chi connectivity index (χ1v) is 11.9. The molecule has 10 heteroatoms. The number of nitrogens with one attached hydrogen (secondary N) is 2. The van der Waals surface area contributed by atoms with Crippen molar-refractivity contribution in [2.75, 3.05) is 49.6 Å². The van der Waals surface area contributed by atoms with Crippen LogP contribution in [-0.2, 0) is 9.53 Å². The Morgan fingerprint density at radius 2 is 1.91 bits per heavy atom. The molecule has 2 N–H and O–H groups in total. The Morgan fingerprint density at radius 3 is 2.69 bits per heavy atom. The molecule has 0 unspecified atom stereocenters. The molecule has 3 aromatic rings. The predicted molar refractivity (Wildman–Crippen MR) is 132 cm³/mol. The number of ether oxygens (including phenoxy) is 2. The maximum absolute atomic E-state index is 13.2. The van der Waals surface area contributed by atoms with E-state index in [0.717, 1.165) is 35.5 Å². The van der Waals surface area contributed by atoms with Gasteiger partial charge in [-0.3, -0.25) is 4.79 Å². The van der Waals surface area contributed by atoms with E-state index in [-0.39, 0.29) is 5.91 Å². The van der Waals surface area contributed by atoms with Crippen LogP contribution in [0.3, 0.4) is 0 Å². The van der Waals surface area contributed by atoms with Crippen LogP contribution < -0.4 is 15.0 Å². The molecule has 0 radical (unpaired) electrons. The summed E-state index contributed by atoms with van der Waals surface area (Å²) in [4.78, 5) is 41.5. The lowest BCUT2D eigenvalue weighted by Crippen LogP contribution is -2.45. The van der Waals surface area contributed by atoms with E-state index in [9.17, 15) is 9.59 Å². The van der Waals surface area contributed by atoms with Crippen LogP contribution in [0.1, 0.15) is 25.3 Å². The zero-order chi connectivity index (χ0) is 24.4. The van der Waals surface area contributed by atoms with Crippen LogP contribution in [0.25, 0.3) is 11.0 Å². The second kappa shape index (κ2) is 9.53. The third-order valence-corrected chi connectivity index (χ3v) is 6.93. The first-order chi connectivity index (χ1) is 16.9. The zero-order valence-electron chi connectivity index (χ0n) is 20.0. The first-order valence-electron chi connectivity index (χ1n) is 11.9. The van der Waals surface area contributed by atoms with E-state index in [1.54, 1.807) is 35.5 Å². The van der Waals surface area contributed by atoms with Crippen molar-refractivity contribution in [3.63, 3.8) is 0 Å². The number of aromatic nitrogens is 3. The highest BCUT2D eigenvalue weighted by molar-refractivity contribution is 5.96. The minimum absolute atomic E-state index is 0.0422. The molecule has 10 nitrogen and oxygen atoms in total. The molecule has 35 heavy (non-hydrogen) atoms. The molecule has 0 spiro atoms. The summed E-state index contributed by atoms with van der Waals surface area (Å²) in [5, 5.41) is 4.05. The molecule has 2 fully saturated rings. The number of hydrogen-bond acceptors (Lipinski definition) is 7. The van der Waals surface area contributed by atoms with Crippen molar-refractivity contribution >= 4 is 34.5 Å². The number of amides is 2. The second-order valence-corrected chi connectivity index (χ2v) is 9.39. The molecular weight excluding hydrogens is 448 g/mol. The van der Waals surface area contributed by atoms with Gasteiger partial charge in [0.05, 0.1) is 24.0 Å². The quantitative estimate of drug-likeness (QED) is 0.591. The van der Waals surface area contributed by atoms with Crippen LogP contribution in [0.5, 0.6) is 5.75 Å². The van der Waals surface area contributed by atoms with Gasteiger partial charge in [-0.05, 0) is 37.5 Å². The molecule has 184 valence electrons. The van der Waals surface area contributed by atoms with E-state index in [2.05, 4.69) is 25.2 Å². The van der Waals surface area contributed by atoms with Crippen molar-refractivity contribution in [3.05, 3.63) is 42.4 Å². The fraction of sp³-hybridized carbons (Fsp3) is 0.440. The molecular formula is C25H30N6O4. The minimum Gasteiger partial charge on any atom is -0.410 e. The third kappa shape index (κ3) is 4.79. The summed E-state index contributed by atoms with van der Waals surface area (Å²) in [6, 6.07) is 6.96. The number of aromatic amines is 1. The van der Waals surface area contributed by atoms with Gasteiger partial charge < -0.3 is 29.6 Å². The summed E-state index contributed by atoms with van der Waals surface area (Å²) in [5.41, 5.74) is 2.02. The average Bonchev–Trinajstić information content (AvgIpc) is 3.26. The molecule has 5 rings (SSSR count). The lowest BCUT2D eigenvalue weighted by Gasteiger charge is -2.39. The Morgan fingerprint density at radius 1 is 1.14 bits per heavy atom. The summed E-state index contributed by atoms with van der Waals surface area (Å²) < 4.78 is 10.8. The number of aryl methyl sites for hydroxylation is 1. The van der Waals surface area contributed by atoms with Gasteiger partial charge in [-0.2, -0.15) is 0 Å². The highest BCUT2D eigenvalue weighted by atomic mass is 16.6. The molecule has 0 aliphatic carbocycles. The Hall–Kier alpha value is -3.66. The predicted octanol–water partition coefficient (Wildman–Crippen LogP) is 3.34. The molecule has 2 aliphatic heterocycles. The normalized spacial score (nSPS) is 17.9. The number of morpholine rings is 1. The molecule has 4 heterocycles. The van der Waals surface area contributed by atoms with Crippen LogP contribution >= 0.6 is 0 Å². The topological polar surface area (TPSA) is 113 Å². The van der Waals surface area contributed by atoms with Crippen LogP contribution in [0, 0.1) is 12.3 Å². The molecule has 0 saturated carbocycles. The van der Waals surface area contributed by atoms with Gasteiger partial charge in [-0.1, -0.05) is 13.0 Å². The van der Waals surface area contributed by atoms with Gasteiger partial charge in [0.2, 0.25) is 5.91 Å². The van der Waals surface area contributed by atoms with Crippen molar-refractivity contribution in [1.29, 1.82) is 0 Å². The molecule has 2 amide bonds. The molecule has 0 bridgehead atoms. The second-order valence-electron chi connectivity index (χ2n) is 9.39. The van der Waals surface area contributed by atoms with E-state index < -0.39 is 11.5 Å². The third-order valence-electron chi connectivity index (χ3n) is 6.93. The van der Waals surface area contributed by atoms with Crippen molar-refractivity contribution in [2.45, 2.75) is 26.7 Å². The fourth-order valence-corrected chi connectivity index (χ4v) is 4.61. The monoisotopic (exact) mass is 478 g/mol. The summed E-state index contributed by atoms with van der Waals surface area (Å²) in [5.74, 6) is 1.26. The van der Waals surface area contributed by atoms with Crippen LogP contribution in [0.15, 0.2) is 36.8 Å². The van der Waals surface area contributed by atoms with E-state index in [1.165, 1.54) is 0 Å². The molecule has 2 aromatic heterocycles. The number of H-pyrrole nitrogens is 1. The van der Waals surface area contributed by atoms with Crippen LogP contribution in [0.4, 0.5) is 16.3 Å². The molecule has 1 aromatic carbocycles. The standard InChI is InChI=1S/C25H30N6O4/c1-17-15-26-21-20(17)22(28-16-27-21)30-8-6-25(2,7-9-30)23(32)29-18-4-3-5-19(14-18)35-24(33)31-10-12-34-13-11-31/h3-5,14-16H,6-13H2,1-2H3,(H,29,32)(H,26,27,28). The maximum atomic E-state index is 13.2. The highest BCUT2D eigenvalue weighted by Crippen LogP contribution is 2.36. The Balaban J connectivity index is 1.21. The number of rotatable bonds is 4. The number of hydrogen-bond donors (Lipinski definition) is 2. The van der Waals surface area contributed by atoms with Gasteiger partial charge in [0.1, 0.15) is 23.5 Å². The van der Waals surface area contributed by atoms with Gasteiger partial charge in [0.15, 0.2) is 0 Å². The smallest absolute Gasteiger partial charge is 0.410 e. The number of benzene rings is 1. The fourth-order valence-electron chi connectivity index (χ4n) is 4.61. The van der Waals surface area contributed by atoms with E-state index in [0.29, 0.717) is 50.6 Å². The van der Waals surface area contributed by atoms with Crippen molar-refractivity contribution in [1.82, 2.24) is 19.9 Å². The van der Waals surface area contributed by atoms with Crippen molar-refractivity contribution in [3.8, 4) is 5.75 Å². The molecule has 0 atom stereocenters. The largest absolute Gasteiger partial charge is 0.415 e.